The van der Waals surface area contributed by atoms with Crippen LogP contribution in [0, 0.1) is 5.92 Å². The Labute approximate surface area is 104 Å². The van der Waals surface area contributed by atoms with Gasteiger partial charge < -0.3 is 10.4 Å². The number of carbonyl (C=O) groups is 1. The number of hydrogen-bond donors (Lipinski definition) is 3. The van der Waals surface area contributed by atoms with E-state index in [-0.39, 0.29) is 10.8 Å². The molecule has 6 nitrogen and oxygen atoms in total. The largest absolute Gasteiger partial charge is 0.481 e. The molecule has 2 unspecified atom stereocenters. The zero-order valence-electron chi connectivity index (χ0n) is 9.41. The van der Waals surface area contributed by atoms with Gasteiger partial charge in [0.1, 0.15) is 0 Å². The molecule has 1 saturated heterocycles. The van der Waals surface area contributed by atoms with Gasteiger partial charge in [-0.25, -0.2) is 0 Å². The molecule has 1 aromatic carbocycles. The quantitative estimate of drug-likeness (QED) is 0.684. The molecular weight excluding hydrogens is 258 g/mol. The van der Waals surface area contributed by atoms with E-state index in [1.54, 1.807) is 0 Å². The predicted molar refractivity (Wildman–Crippen MR) is 63.0 cm³/mol. The molecule has 0 amide bonds. The first-order valence-corrected chi connectivity index (χ1v) is 6.84. The van der Waals surface area contributed by atoms with Crippen molar-refractivity contribution in [1.82, 2.24) is 5.32 Å². The SMILES string of the molecule is O=C(O)C1CNCC1c1ccc(S(=O)(=O)O)cc1. The average molecular weight is 271 g/mol. The van der Waals surface area contributed by atoms with Gasteiger partial charge in [0.05, 0.1) is 10.8 Å². The fraction of sp³-hybridized carbons (Fsp3) is 0.364. The Morgan fingerprint density at radius 3 is 2.33 bits per heavy atom. The molecule has 0 saturated carbocycles. The van der Waals surface area contributed by atoms with E-state index in [1.807, 2.05) is 0 Å². The molecule has 0 aliphatic carbocycles. The lowest BCUT2D eigenvalue weighted by atomic mass is 9.89. The molecule has 1 aliphatic heterocycles. The Morgan fingerprint density at radius 2 is 1.83 bits per heavy atom. The van der Waals surface area contributed by atoms with E-state index < -0.39 is 22.0 Å². The van der Waals surface area contributed by atoms with Crippen LogP contribution in [0.5, 0.6) is 0 Å². The first-order chi connectivity index (χ1) is 8.39. The zero-order chi connectivity index (χ0) is 13.3. The van der Waals surface area contributed by atoms with Crippen LogP contribution >= 0.6 is 0 Å². The van der Waals surface area contributed by atoms with Gasteiger partial charge in [0.25, 0.3) is 10.1 Å². The molecule has 1 aliphatic rings. The molecule has 7 heteroatoms. The van der Waals surface area contributed by atoms with Gasteiger partial charge in [-0.15, -0.1) is 0 Å². The summed E-state index contributed by atoms with van der Waals surface area (Å²) in [4.78, 5) is 10.8. The summed E-state index contributed by atoms with van der Waals surface area (Å²) in [5.41, 5.74) is 0.750. The molecule has 0 radical (unpaired) electrons. The maximum atomic E-state index is 11.0. The molecule has 0 spiro atoms. The topological polar surface area (TPSA) is 104 Å². The minimum Gasteiger partial charge on any atom is -0.481 e. The van der Waals surface area contributed by atoms with E-state index in [0.29, 0.717) is 13.1 Å². The van der Waals surface area contributed by atoms with E-state index in [4.69, 9.17) is 9.66 Å². The van der Waals surface area contributed by atoms with Crippen molar-refractivity contribution in [3.63, 3.8) is 0 Å². The Kier molecular flexibility index (Phi) is 3.38. The van der Waals surface area contributed by atoms with Crippen molar-refractivity contribution in [3.05, 3.63) is 29.8 Å². The fourth-order valence-electron chi connectivity index (χ4n) is 2.18. The average Bonchev–Trinajstić information content (AvgIpc) is 2.77. The van der Waals surface area contributed by atoms with Crippen molar-refractivity contribution in [1.29, 1.82) is 0 Å². The summed E-state index contributed by atoms with van der Waals surface area (Å²) in [6, 6.07) is 5.64. The van der Waals surface area contributed by atoms with E-state index in [2.05, 4.69) is 5.32 Å². The number of carboxylic acid groups (broad SMARTS) is 1. The highest BCUT2D eigenvalue weighted by Crippen LogP contribution is 2.28. The Balaban J connectivity index is 2.27. The second-order valence-corrected chi connectivity index (χ2v) is 5.68. The summed E-state index contributed by atoms with van der Waals surface area (Å²) in [6.45, 7) is 0.947. The molecule has 2 rings (SSSR count). The van der Waals surface area contributed by atoms with Crippen molar-refractivity contribution >= 4 is 16.1 Å². The van der Waals surface area contributed by atoms with E-state index in [9.17, 15) is 13.2 Å². The van der Waals surface area contributed by atoms with Crippen molar-refractivity contribution in [2.24, 2.45) is 5.92 Å². The van der Waals surface area contributed by atoms with Crippen LogP contribution in [-0.2, 0) is 14.9 Å². The maximum absolute atomic E-state index is 11.0. The van der Waals surface area contributed by atoms with Gasteiger partial charge in [0, 0.05) is 19.0 Å². The van der Waals surface area contributed by atoms with Crippen LogP contribution in [0.4, 0.5) is 0 Å². The maximum Gasteiger partial charge on any atom is 0.308 e. The van der Waals surface area contributed by atoms with Gasteiger partial charge in [-0.05, 0) is 17.7 Å². The molecule has 1 fully saturated rings. The molecule has 1 heterocycles. The molecule has 0 aromatic heterocycles. The van der Waals surface area contributed by atoms with E-state index in [1.165, 1.54) is 24.3 Å². The predicted octanol–water partition coefficient (Wildman–Crippen LogP) is 0.321. The van der Waals surface area contributed by atoms with Crippen molar-refractivity contribution in [3.8, 4) is 0 Å². The van der Waals surface area contributed by atoms with E-state index in [0.717, 1.165) is 5.56 Å². The van der Waals surface area contributed by atoms with Crippen LogP contribution in [0.3, 0.4) is 0 Å². The number of hydrogen-bond acceptors (Lipinski definition) is 4. The third-order valence-electron chi connectivity index (χ3n) is 3.14. The van der Waals surface area contributed by atoms with Crippen LogP contribution in [0.15, 0.2) is 29.2 Å². The normalized spacial score (nSPS) is 24.1. The van der Waals surface area contributed by atoms with Gasteiger partial charge in [-0.1, -0.05) is 12.1 Å². The lowest BCUT2D eigenvalue weighted by Crippen LogP contribution is -2.21. The highest BCUT2D eigenvalue weighted by atomic mass is 32.2. The van der Waals surface area contributed by atoms with E-state index >= 15 is 0 Å². The second kappa shape index (κ2) is 4.68. The third-order valence-corrected chi connectivity index (χ3v) is 4.01. The van der Waals surface area contributed by atoms with Crippen molar-refractivity contribution in [2.45, 2.75) is 10.8 Å². The fourth-order valence-corrected chi connectivity index (χ4v) is 2.66. The van der Waals surface area contributed by atoms with Gasteiger partial charge in [-0.2, -0.15) is 8.42 Å². The second-order valence-electron chi connectivity index (χ2n) is 4.25. The number of rotatable bonds is 3. The minimum absolute atomic E-state index is 0.182. The van der Waals surface area contributed by atoms with Crippen LogP contribution < -0.4 is 5.32 Å². The lowest BCUT2D eigenvalue weighted by Gasteiger charge is -2.15. The summed E-state index contributed by atoms with van der Waals surface area (Å²) < 4.78 is 30.6. The Hall–Kier alpha value is -1.44. The smallest absolute Gasteiger partial charge is 0.308 e. The summed E-state index contributed by atoms with van der Waals surface area (Å²) in [5.74, 6) is -1.57. The van der Waals surface area contributed by atoms with Crippen LogP contribution in [0.2, 0.25) is 0 Å². The first kappa shape index (κ1) is 13.0. The molecular formula is C11H13NO5S. The van der Waals surface area contributed by atoms with Crippen LogP contribution in [0.25, 0.3) is 0 Å². The van der Waals surface area contributed by atoms with Crippen molar-refractivity contribution in [2.75, 3.05) is 13.1 Å². The first-order valence-electron chi connectivity index (χ1n) is 5.40. The summed E-state index contributed by atoms with van der Waals surface area (Å²) in [5, 5.41) is 12.1. The lowest BCUT2D eigenvalue weighted by molar-refractivity contribution is -0.141. The van der Waals surface area contributed by atoms with Gasteiger partial charge in [0.2, 0.25) is 0 Å². The highest BCUT2D eigenvalue weighted by molar-refractivity contribution is 7.85. The monoisotopic (exact) mass is 271 g/mol. The molecule has 0 bridgehead atoms. The molecule has 1 aromatic rings. The summed E-state index contributed by atoms with van der Waals surface area (Å²) >= 11 is 0. The Morgan fingerprint density at radius 1 is 1.22 bits per heavy atom. The number of carboxylic acids is 1. The van der Waals surface area contributed by atoms with Gasteiger partial charge in [-0.3, -0.25) is 9.35 Å². The Bertz CT molecular complexity index is 551. The number of nitrogens with one attached hydrogen (secondary N) is 1. The van der Waals surface area contributed by atoms with Crippen LogP contribution in [0.1, 0.15) is 11.5 Å². The summed E-state index contributed by atoms with van der Waals surface area (Å²) in [6.07, 6.45) is 0. The van der Waals surface area contributed by atoms with Crippen LogP contribution in [-0.4, -0.2) is 37.1 Å². The minimum atomic E-state index is -4.20. The van der Waals surface area contributed by atoms with Gasteiger partial charge in [0.15, 0.2) is 0 Å². The third kappa shape index (κ3) is 2.53. The number of aliphatic carboxylic acids is 1. The zero-order valence-corrected chi connectivity index (χ0v) is 10.2. The number of benzene rings is 1. The van der Waals surface area contributed by atoms with Gasteiger partial charge >= 0.3 is 5.97 Å². The standard InChI is InChI=1S/C11H13NO5S/c13-11(14)10-6-12-5-9(10)7-1-3-8(4-2-7)18(15,16)17/h1-4,9-10,12H,5-6H2,(H,13,14)(H,15,16,17). The molecule has 18 heavy (non-hydrogen) atoms. The molecule has 2 atom stereocenters. The summed E-state index contributed by atoms with van der Waals surface area (Å²) in [7, 11) is -4.20. The molecule has 3 N–H and O–H groups in total. The van der Waals surface area contributed by atoms with Crippen molar-refractivity contribution < 1.29 is 22.9 Å². The molecule has 98 valence electrons. The highest BCUT2D eigenvalue weighted by Gasteiger charge is 2.33.